The zero-order valence-electron chi connectivity index (χ0n) is 20.4. The van der Waals surface area contributed by atoms with Gasteiger partial charge in [0.05, 0.1) is 30.8 Å². The average molecular weight is 469 g/mol. The lowest BCUT2D eigenvalue weighted by Crippen LogP contribution is -2.38. The fourth-order valence-corrected chi connectivity index (χ4v) is 4.67. The second kappa shape index (κ2) is 12.0. The minimum absolute atomic E-state index is 0.00397. The van der Waals surface area contributed by atoms with Gasteiger partial charge < -0.3 is 19.7 Å². The van der Waals surface area contributed by atoms with Gasteiger partial charge in [0.1, 0.15) is 11.5 Å². The second-order valence-corrected chi connectivity index (χ2v) is 9.06. The van der Waals surface area contributed by atoms with Gasteiger partial charge in [0.25, 0.3) is 0 Å². The van der Waals surface area contributed by atoms with Gasteiger partial charge in [-0.05, 0) is 61.4 Å². The Balaban J connectivity index is 1.58. The average Bonchev–Trinajstić information content (AvgIpc) is 2.80. The number of Topliss-reactive ketones (excluding diaryl/α,β-unsaturated/α-hetero) is 1. The number of carboxylic acids is 1. The molecule has 3 rings (SSSR count). The van der Waals surface area contributed by atoms with E-state index < -0.39 is 11.9 Å². The third kappa shape index (κ3) is 6.17. The Morgan fingerprint density at radius 3 is 2.44 bits per heavy atom. The molecule has 0 bridgehead atoms. The molecule has 6 heteroatoms. The first-order valence-electron chi connectivity index (χ1n) is 12.3. The van der Waals surface area contributed by atoms with Crippen LogP contribution < -0.4 is 4.74 Å². The van der Waals surface area contributed by atoms with Crippen molar-refractivity contribution in [3.63, 3.8) is 0 Å². The highest BCUT2D eigenvalue weighted by molar-refractivity contribution is 5.97. The summed E-state index contributed by atoms with van der Waals surface area (Å²) in [6, 6.07) is 9.69. The molecule has 2 unspecified atom stereocenters. The van der Waals surface area contributed by atoms with Gasteiger partial charge in [0.2, 0.25) is 0 Å². The first kappa shape index (κ1) is 25.8. The third-order valence-corrected chi connectivity index (χ3v) is 6.43. The number of carboxylic acid groups (broad SMARTS) is 1. The Kier molecular flexibility index (Phi) is 9.11. The third-order valence-electron chi connectivity index (χ3n) is 6.43. The summed E-state index contributed by atoms with van der Waals surface area (Å²) in [5.41, 5.74) is 4.53. The lowest BCUT2D eigenvalue weighted by atomic mass is 9.80. The summed E-state index contributed by atoms with van der Waals surface area (Å²) >= 11 is 0. The molecule has 2 aromatic rings. The van der Waals surface area contributed by atoms with E-state index in [0.717, 1.165) is 24.8 Å². The van der Waals surface area contributed by atoms with Crippen molar-refractivity contribution in [3.05, 3.63) is 58.1 Å². The van der Waals surface area contributed by atoms with Crippen molar-refractivity contribution in [2.45, 2.75) is 71.8 Å². The molecule has 0 radical (unpaired) electrons. The minimum Gasteiger partial charge on any atom is -0.507 e. The zero-order valence-corrected chi connectivity index (χ0v) is 20.4. The number of aryl methyl sites for hydroxylation is 1. The zero-order chi connectivity index (χ0) is 24.7. The summed E-state index contributed by atoms with van der Waals surface area (Å²) < 4.78 is 11.9. The van der Waals surface area contributed by atoms with Crippen LogP contribution in [-0.2, 0) is 35.2 Å². The lowest BCUT2D eigenvalue weighted by molar-refractivity contribution is -0.148. The number of rotatable bonds is 12. The van der Waals surface area contributed by atoms with Crippen LogP contribution in [0.3, 0.4) is 0 Å². The number of carbonyl (C=O) groups is 2. The van der Waals surface area contributed by atoms with E-state index in [1.807, 2.05) is 6.92 Å². The number of phenolic OH excluding ortho intramolecular Hbond substituents is 1. The van der Waals surface area contributed by atoms with E-state index in [0.29, 0.717) is 55.8 Å². The molecule has 2 atom stereocenters. The molecular weight excluding hydrogens is 432 g/mol. The highest BCUT2D eigenvalue weighted by Gasteiger charge is 2.34. The molecule has 34 heavy (non-hydrogen) atoms. The lowest BCUT2D eigenvalue weighted by Gasteiger charge is -2.31. The molecule has 0 spiro atoms. The molecule has 1 aliphatic carbocycles. The van der Waals surface area contributed by atoms with E-state index in [1.54, 1.807) is 12.1 Å². The normalized spacial score (nSPS) is 17.3. The van der Waals surface area contributed by atoms with Crippen molar-refractivity contribution in [2.75, 3.05) is 13.2 Å². The molecule has 184 valence electrons. The fourth-order valence-electron chi connectivity index (χ4n) is 4.67. The summed E-state index contributed by atoms with van der Waals surface area (Å²) in [7, 11) is 0. The van der Waals surface area contributed by atoms with Gasteiger partial charge in [0, 0.05) is 12.0 Å². The largest absolute Gasteiger partial charge is 0.507 e. The van der Waals surface area contributed by atoms with Crippen molar-refractivity contribution in [1.82, 2.24) is 0 Å². The molecule has 0 amide bonds. The number of carbonyl (C=O) groups excluding carboxylic acids is 1. The number of hydrogen-bond donors (Lipinski definition) is 2. The summed E-state index contributed by atoms with van der Waals surface area (Å²) in [4.78, 5) is 23.6. The van der Waals surface area contributed by atoms with E-state index in [1.165, 1.54) is 18.1 Å². The number of aliphatic carboxylic acids is 1. The van der Waals surface area contributed by atoms with Crippen LogP contribution in [0.1, 0.15) is 72.6 Å². The number of ketones is 1. The predicted molar refractivity (Wildman–Crippen MR) is 131 cm³/mol. The number of phenols is 1. The Morgan fingerprint density at radius 1 is 1.00 bits per heavy atom. The standard InChI is InChI=1S/C28H36O6/c1-4-7-19-9-10-20-16-24(28(31)32)26(17-21(20)15-19)34-14-6-13-33-25-12-11-22(18(3)29)27(30)23(25)8-5-2/h9-12,15,24,26,30H,4-8,13-14,16-17H2,1-3H3,(H,31,32). The second-order valence-electron chi connectivity index (χ2n) is 9.06. The van der Waals surface area contributed by atoms with Gasteiger partial charge in [-0.3, -0.25) is 9.59 Å². The number of hydrogen-bond acceptors (Lipinski definition) is 5. The van der Waals surface area contributed by atoms with Gasteiger partial charge >= 0.3 is 5.97 Å². The van der Waals surface area contributed by atoms with Gasteiger partial charge in [-0.15, -0.1) is 0 Å². The van der Waals surface area contributed by atoms with Crippen molar-refractivity contribution >= 4 is 11.8 Å². The fraction of sp³-hybridized carbons (Fsp3) is 0.500. The van der Waals surface area contributed by atoms with E-state index in [4.69, 9.17) is 9.47 Å². The van der Waals surface area contributed by atoms with Crippen LogP contribution in [0.15, 0.2) is 30.3 Å². The maximum Gasteiger partial charge on any atom is 0.309 e. The summed E-state index contributed by atoms with van der Waals surface area (Å²) in [6.45, 7) is 6.35. The summed E-state index contributed by atoms with van der Waals surface area (Å²) in [5, 5.41) is 20.2. The first-order chi connectivity index (χ1) is 16.3. The van der Waals surface area contributed by atoms with Crippen molar-refractivity contribution in [3.8, 4) is 11.5 Å². The highest BCUT2D eigenvalue weighted by Crippen LogP contribution is 2.33. The van der Waals surface area contributed by atoms with E-state index >= 15 is 0 Å². The van der Waals surface area contributed by atoms with Gasteiger partial charge in [-0.25, -0.2) is 0 Å². The number of fused-ring (bicyclic) bond motifs is 1. The number of benzene rings is 2. The van der Waals surface area contributed by atoms with Crippen molar-refractivity contribution < 1.29 is 29.3 Å². The molecular formula is C28H36O6. The SMILES string of the molecule is CCCc1ccc2c(c1)CC(OCCCOc1ccc(C(C)=O)c(O)c1CCC)C(C(=O)O)C2. The Labute approximate surface area is 201 Å². The molecule has 0 saturated heterocycles. The van der Waals surface area contributed by atoms with Crippen LogP contribution in [0.4, 0.5) is 0 Å². The monoisotopic (exact) mass is 468 g/mol. The number of aromatic hydroxyl groups is 1. The molecule has 0 heterocycles. The van der Waals surface area contributed by atoms with Crippen LogP contribution in [0.2, 0.25) is 0 Å². The topological polar surface area (TPSA) is 93.1 Å². The van der Waals surface area contributed by atoms with Crippen LogP contribution in [-0.4, -0.2) is 41.3 Å². The maximum atomic E-state index is 11.9. The molecule has 0 saturated carbocycles. The first-order valence-corrected chi connectivity index (χ1v) is 12.3. The molecule has 0 fully saturated rings. The van der Waals surface area contributed by atoms with Gasteiger partial charge in [-0.2, -0.15) is 0 Å². The predicted octanol–water partition coefficient (Wildman–Crippen LogP) is 5.15. The highest BCUT2D eigenvalue weighted by atomic mass is 16.5. The summed E-state index contributed by atoms with van der Waals surface area (Å²) in [5.74, 6) is -0.996. The van der Waals surface area contributed by atoms with Crippen molar-refractivity contribution in [2.24, 2.45) is 5.92 Å². The molecule has 6 nitrogen and oxygen atoms in total. The smallest absolute Gasteiger partial charge is 0.309 e. The number of ether oxygens (including phenoxy) is 2. The van der Waals surface area contributed by atoms with Crippen LogP contribution in [0.25, 0.3) is 0 Å². The van der Waals surface area contributed by atoms with Crippen LogP contribution in [0, 0.1) is 5.92 Å². The molecule has 0 aliphatic heterocycles. The van der Waals surface area contributed by atoms with E-state index in [2.05, 4.69) is 25.1 Å². The van der Waals surface area contributed by atoms with Crippen LogP contribution in [0.5, 0.6) is 11.5 Å². The van der Waals surface area contributed by atoms with Gasteiger partial charge in [0.15, 0.2) is 5.78 Å². The molecule has 0 aromatic heterocycles. The Hall–Kier alpha value is -2.86. The quantitative estimate of drug-likeness (QED) is 0.330. The van der Waals surface area contributed by atoms with Gasteiger partial charge in [-0.1, -0.05) is 44.9 Å². The minimum atomic E-state index is -0.824. The molecule has 2 N–H and O–H groups in total. The van der Waals surface area contributed by atoms with Crippen LogP contribution >= 0.6 is 0 Å². The summed E-state index contributed by atoms with van der Waals surface area (Å²) in [6.07, 6.45) is 4.83. The van der Waals surface area contributed by atoms with E-state index in [-0.39, 0.29) is 17.6 Å². The maximum absolute atomic E-state index is 11.9. The van der Waals surface area contributed by atoms with Crippen molar-refractivity contribution in [1.29, 1.82) is 0 Å². The Morgan fingerprint density at radius 2 is 1.76 bits per heavy atom. The van der Waals surface area contributed by atoms with E-state index in [9.17, 15) is 19.8 Å². The molecule has 2 aromatic carbocycles. The molecule has 1 aliphatic rings. The Bertz CT molecular complexity index is 1010.